The number of benzene rings is 4. The van der Waals surface area contributed by atoms with Gasteiger partial charge < -0.3 is 9.47 Å². The average molecular weight is 502 g/mol. The van der Waals surface area contributed by atoms with E-state index in [1.807, 2.05) is 62.4 Å². The van der Waals surface area contributed by atoms with Gasteiger partial charge in [-0.05, 0) is 90.9 Å². The molecule has 1 aliphatic carbocycles. The molecular formula is C33H27NO4. The fraction of sp³-hybridized carbons (Fsp3) is 0.152. The van der Waals surface area contributed by atoms with Crippen molar-refractivity contribution < 1.29 is 19.1 Å². The van der Waals surface area contributed by atoms with Gasteiger partial charge in [-0.2, -0.15) is 0 Å². The second-order valence-electron chi connectivity index (χ2n) is 9.73. The molecule has 4 aromatic rings. The summed E-state index contributed by atoms with van der Waals surface area (Å²) in [6.45, 7) is 4.47. The summed E-state index contributed by atoms with van der Waals surface area (Å²) in [5.74, 6) is 0.821. The Hall–Kier alpha value is -4.64. The summed E-state index contributed by atoms with van der Waals surface area (Å²) in [4.78, 5) is 28.5. The third kappa shape index (κ3) is 4.26. The molecule has 0 unspecified atom stereocenters. The smallest absolute Gasteiger partial charge is 0.265 e. The first-order chi connectivity index (χ1) is 18.5. The first-order valence-electron chi connectivity index (χ1n) is 12.8. The van der Waals surface area contributed by atoms with E-state index >= 15 is 0 Å². The third-order valence-electron chi connectivity index (χ3n) is 6.79. The van der Waals surface area contributed by atoms with Crippen LogP contribution in [0.25, 0.3) is 21.9 Å². The Morgan fingerprint density at radius 2 is 1.47 bits per heavy atom. The second kappa shape index (κ2) is 9.67. The molecule has 5 nitrogen and oxygen atoms in total. The summed E-state index contributed by atoms with van der Waals surface area (Å²) >= 11 is 0. The molecule has 0 aromatic heterocycles. The van der Waals surface area contributed by atoms with E-state index in [1.54, 1.807) is 30.3 Å². The molecule has 4 aromatic carbocycles. The summed E-state index contributed by atoms with van der Waals surface area (Å²) in [5.41, 5.74) is 4.63. The first-order valence-corrected chi connectivity index (χ1v) is 12.8. The molecule has 0 saturated carbocycles. The zero-order chi connectivity index (χ0) is 26.2. The molecule has 2 amide bonds. The van der Waals surface area contributed by atoms with Crippen LogP contribution in [0.15, 0.2) is 103 Å². The van der Waals surface area contributed by atoms with Crippen LogP contribution >= 0.6 is 0 Å². The van der Waals surface area contributed by atoms with Gasteiger partial charge in [-0.15, -0.1) is 0 Å². The molecule has 38 heavy (non-hydrogen) atoms. The predicted molar refractivity (Wildman–Crippen MR) is 150 cm³/mol. The molecule has 0 fully saturated rings. The lowest BCUT2D eigenvalue weighted by Gasteiger charge is -2.28. The number of carbonyl (C=O) groups is 2. The first kappa shape index (κ1) is 23.7. The molecule has 188 valence electrons. The summed E-state index contributed by atoms with van der Waals surface area (Å²) in [5, 5.41) is 1.56. The quantitative estimate of drug-likeness (QED) is 0.248. The van der Waals surface area contributed by atoms with Crippen molar-refractivity contribution in [2.45, 2.75) is 26.4 Å². The van der Waals surface area contributed by atoms with Crippen LogP contribution in [0.2, 0.25) is 0 Å². The summed E-state index contributed by atoms with van der Waals surface area (Å²) in [6, 6.07) is 24.4. The molecule has 0 spiro atoms. The molecule has 0 saturated heterocycles. The number of carbonyl (C=O) groups excluding carboxylic acids is 2. The number of nitrogens with zero attached hydrogens (tertiary/aromatic N) is 1. The van der Waals surface area contributed by atoms with Crippen molar-refractivity contribution in [3.05, 3.63) is 114 Å². The Morgan fingerprint density at radius 3 is 2.16 bits per heavy atom. The number of hydrogen-bond acceptors (Lipinski definition) is 4. The van der Waals surface area contributed by atoms with Crippen LogP contribution in [0, 0.1) is 0 Å². The Labute approximate surface area is 221 Å². The van der Waals surface area contributed by atoms with Crippen LogP contribution in [0.3, 0.4) is 0 Å². The van der Waals surface area contributed by atoms with E-state index in [2.05, 4.69) is 18.2 Å². The zero-order valence-electron chi connectivity index (χ0n) is 21.3. The highest BCUT2D eigenvalue weighted by molar-refractivity contribution is 6.36. The zero-order valence-corrected chi connectivity index (χ0v) is 21.3. The van der Waals surface area contributed by atoms with E-state index in [0.717, 1.165) is 34.3 Å². The maximum absolute atomic E-state index is 13.6. The maximum Gasteiger partial charge on any atom is 0.265 e. The largest absolute Gasteiger partial charge is 0.491 e. The normalized spacial score (nSPS) is 14.4. The van der Waals surface area contributed by atoms with Gasteiger partial charge in [-0.25, -0.2) is 4.90 Å². The third-order valence-corrected chi connectivity index (χ3v) is 6.79. The van der Waals surface area contributed by atoms with Crippen molar-refractivity contribution >= 4 is 28.3 Å². The van der Waals surface area contributed by atoms with Crippen LogP contribution < -0.4 is 14.4 Å². The Bertz CT molecular complexity index is 1590. The lowest BCUT2D eigenvalue weighted by atomic mass is 9.89. The standard InChI is InChI=1S/C33H27NO4/c1-21(2)38-26-14-10-23(11-15-26)27-18-19-30-31-28(27)8-5-9-29(31)32(35)34(33(30)36)24-12-16-25(17-13-24)37-20-22-6-3-4-7-22/h3,5-19,21H,4,20H2,1-2H3. The SMILES string of the molecule is CC(C)Oc1ccc(-c2ccc3c4c(cccc24)C(=O)N(c2ccc(OCC4=CCC=C4)cc2)C3=O)cc1. The Morgan fingerprint density at radius 1 is 0.789 bits per heavy atom. The van der Waals surface area contributed by atoms with Crippen molar-refractivity contribution in [3.8, 4) is 22.6 Å². The maximum atomic E-state index is 13.6. The van der Waals surface area contributed by atoms with Gasteiger partial charge in [0.2, 0.25) is 0 Å². The minimum Gasteiger partial charge on any atom is -0.491 e. The highest BCUT2D eigenvalue weighted by Gasteiger charge is 2.34. The van der Waals surface area contributed by atoms with E-state index in [0.29, 0.717) is 34.6 Å². The van der Waals surface area contributed by atoms with Gasteiger partial charge in [-0.1, -0.05) is 48.6 Å². The Kier molecular flexibility index (Phi) is 6.04. The van der Waals surface area contributed by atoms with E-state index in [1.165, 1.54) is 4.90 Å². The number of ether oxygens (including phenoxy) is 2. The van der Waals surface area contributed by atoms with Gasteiger partial charge in [0, 0.05) is 16.5 Å². The molecule has 1 aliphatic heterocycles. The van der Waals surface area contributed by atoms with Crippen LogP contribution in [-0.4, -0.2) is 24.5 Å². The number of imide groups is 1. The van der Waals surface area contributed by atoms with E-state index in [4.69, 9.17) is 9.47 Å². The van der Waals surface area contributed by atoms with Crippen LogP contribution in [0.1, 0.15) is 41.0 Å². The highest BCUT2D eigenvalue weighted by Crippen LogP contribution is 2.38. The molecule has 1 heterocycles. The molecule has 2 aliphatic rings. The minimum atomic E-state index is -0.333. The fourth-order valence-corrected chi connectivity index (χ4v) is 5.04. The van der Waals surface area contributed by atoms with Crippen molar-refractivity contribution in [1.82, 2.24) is 0 Å². The van der Waals surface area contributed by atoms with E-state index in [-0.39, 0.29) is 17.9 Å². The monoisotopic (exact) mass is 501 g/mol. The Balaban J connectivity index is 1.32. The lowest BCUT2D eigenvalue weighted by molar-refractivity contribution is 0.0893. The molecule has 0 bridgehead atoms. The van der Waals surface area contributed by atoms with E-state index < -0.39 is 0 Å². The van der Waals surface area contributed by atoms with Crippen molar-refractivity contribution in [2.75, 3.05) is 11.5 Å². The lowest BCUT2D eigenvalue weighted by Crippen LogP contribution is -2.40. The molecule has 0 N–H and O–H groups in total. The predicted octanol–water partition coefficient (Wildman–Crippen LogP) is 7.36. The van der Waals surface area contributed by atoms with Crippen LogP contribution in [-0.2, 0) is 0 Å². The highest BCUT2D eigenvalue weighted by atomic mass is 16.5. The summed E-state index contributed by atoms with van der Waals surface area (Å²) in [6.07, 6.45) is 7.30. The topological polar surface area (TPSA) is 55.8 Å². The van der Waals surface area contributed by atoms with Crippen molar-refractivity contribution in [3.63, 3.8) is 0 Å². The number of anilines is 1. The van der Waals surface area contributed by atoms with Gasteiger partial charge in [-0.3, -0.25) is 9.59 Å². The number of allylic oxidation sites excluding steroid dienone is 2. The number of rotatable bonds is 7. The van der Waals surface area contributed by atoms with Crippen LogP contribution in [0.4, 0.5) is 5.69 Å². The number of amides is 2. The summed E-state index contributed by atoms with van der Waals surface area (Å²) < 4.78 is 11.6. The van der Waals surface area contributed by atoms with E-state index in [9.17, 15) is 9.59 Å². The van der Waals surface area contributed by atoms with Crippen LogP contribution in [0.5, 0.6) is 11.5 Å². The van der Waals surface area contributed by atoms with Gasteiger partial charge >= 0.3 is 0 Å². The number of hydrogen-bond donors (Lipinski definition) is 0. The van der Waals surface area contributed by atoms with Crippen molar-refractivity contribution in [1.29, 1.82) is 0 Å². The summed E-state index contributed by atoms with van der Waals surface area (Å²) in [7, 11) is 0. The van der Waals surface area contributed by atoms with Crippen molar-refractivity contribution in [2.24, 2.45) is 0 Å². The van der Waals surface area contributed by atoms with Gasteiger partial charge in [0.25, 0.3) is 11.8 Å². The van der Waals surface area contributed by atoms with Gasteiger partial charge in [0.1, 0.15) is 18.1 Å². The second-order valence-corrected chi connectivity index (χ2v) is 9.73. The minimum absolute atomic E-state index is 0.0945. The molecule has 5 heteroatoms. The molecular weight excluding hydrogens is 474 g/mol. The average Bonchev–Trinajstić information content (AvgIpc) is 3.45. The molecule has 0 radical (unpaired) electrons. The van der Waals surface area contributed by atoms with Gasteiger partial charge in [0.05, 0.1) is 11.8 Å². The molecule has 0 atom stereocenters. The fourth-order valence-electron chi connectivity index (χ4n) is 5.04. The molecule has 6 rings (SSSR count). The van der Waals surface area contributed by atoms with Gasteiger partial charge in [0.15, 0.2) is 0 Å².